The highest BCUT2D eigenvalue weighted by Gasteiger charge is 2.13. The summed E-state index contributed by atoms with van der Waals surface area (Å²) in [6, 6.07) is 5.70. The van der Waals surface area contributed by atoms with E-state index in [1.807, 2.05) is 6.07 Å². The van der Waals surface area contributed by atoms with Gasteiger partial charge in [0.15, 0.2) is 0 Å². The predicted molar refractivity (Wildman–Crippen MR) is 59.6 cm³/mol. The van der Waals surface area contributed by atoms with Crippen LogP contribution in [0.15, 0.2) is 6.07 Å². The number of hydrogen-bond donors (Lipinski definition) is 1. The van der Waals surface area contributed by atoms with Crippen molar-refractivity contribution in [1.82, 2.24) is 0 Å². The second-order valence-corrected chi connectivity index (χ2v) is 3.52. The second kappa shape index (κ2) is 4.46. The number of nitrogens with zero attached hydrogens (tertiary/aromatic N) is 2. The molecule has 1 aromatic carbocycles. The molecule has 0 spiro atoms. The van der Waals surface area contributed by atoms with Gasteiger partial charge in [-0.25, -0.2) is 0 Å². The molecule has 0 aliphatic carbocycles. The molecule has 4 nitrogen and oxygen atoms in total. The lowest BCUT2D eigenvalue weighted by atomic mass is 9.97. The van der Waals surface area contributed by atoms with Crippen molar-refractivity contribution in [2.24, 2.45) is 0 Å². The summed E-state index contributed by atoms with van der Waals surface area (Å²) in [6.07, 6.45) is 0. The quantitative estimate of drug-likeness (QED) is 0.775. The van der Waals surface area contributed by atoms with Crippen LogP contribution in [0.1, 0.15) is 29.2 Å². The number of aryl methyl sites for hydroxylation is 1. The Morgan fingerprint density at radius 1 is 1.25 bits per heavy atom. The van der Waals surface area contributed by atoms with Gasteiger partial charge in [-0.3, -0.25) is 4.79 Å². The summed E-state index contributed by atoms with van der Waals surface area (Å²) >= 11 is 0. The summed E-state index contributed by atoms with van der Waals surface area (Å²) in [5, 5.41) is 20.5. The van der Waals surface area contributed by atoms with Crippen molar-refractivity contribution in [3.05, 3.63) is 28.3 Å². The zero-order valence-corrected chi connectivity index (χ0v) is 9.38. The van der Waals surface area contributed by atoms with Crippen molar-refractivity contribution >= 4 is 11.6 Å². The van der Waals surface area contributed by atoms with E-state index in [0.29, 0.717) is 22.4 Å². The highest BCUT2D eigenvalue weighted by atomic mass is 16.1. The fourth-order valence-electron chi connectivity index (χ4n) is 1.59. The molecule has 1 aromatic rings. The lowest BCUT2D eigenvalue weighted by molar-refractivity contribution is -0.114. The van der Waals surface area contributed by atoms with Gasteiger partial charge in [-0.15, -0.1) is 0 Å². The van der Waals surface area contributed by atoms with E-state index in [9.17, 15) is 4.79 Å². The van der Waals surface area contributed by atoms with Gasteiger partial charge in [0.05, 0.1) is 22.9 Å². The number of anilines is 1. The number of carbonyl (C=O) groups is 1. The molecule has 0 heterocycles. The van der Waals surface area contributed by atoms with Crippen molar-refractivity contribution < 1.29 is 4.79 Å². The number of benzene rings is 1. The van der Waals surface area contributed by atoms with Crippen LogP contribution in [0.25, 0.3) is 0 Å². The number of carbonyl (C=O) groups excluding carboxylic acids is 1. The van der Waals surface area contributed by atoms with Gasteiger partial charge < -0.3 is 5.32 Å². The van der Waals surface area contributed by atoms with Crippen molar-refractivity contribution in [2.75, 3.05) is 5.32 Å². The lowest BCUT2D eigenvalue weighted by Gasteiger charge is -2.10. The van der Waals surface area contributed by atoms with E-state index < -0.39 is 0 Å². The zero-order valence-electron chi connectivity index (χ0n) is 9.38. The summed E-state index contributed by atoms with van der Waals surface area (Å²) in [6.45, 7) is 4.86. The Morgan fingerprint density at radius 3 is 2.25 bits per heavy atom. The van der Waals surface area contributed by atoms with Gasteiger partial charge in [0, 0.05) is 6.92 Å². The molecule has 16 heavy (non-hydrogen) atoms. The third kappa shape index (κ3) is 2.02. The fraction of sp³-hybridized carbons (Fsp3) is 0.250. The topological polar surface area (TPSA) is 76.7 Å². The number of nitriles is 2. The molecule has 1 N–H and O–H groups in total. The molecule has 0 saturated heterocycles. The summed E-state index contributed by atoms with van der Waals surface area (Å²) in [5.41, 5.74) is 2.66. The van der Waals surface area contributed by atoms with Gasteiger partial charge in [0.1, 0.15) is 6.07 Å². The molecule has 0 unspecified atom stereocenters. The number of amides is 1. The third-order valence-electron chi connectivity index (χ3n) is 2.31. The lowest BCUT2D eigenvalue weighted by Crippen LogP contribution is -2.09. The molecule has 0 saturated carbocycles. The van der Waals surface area contributed by atoms with Gasteiger partial charge in [0.25, 0.3) is 0 Å². The molecular weight excluding hydrogens is 202 g/mol. The van der Waals surface area contributed by atoms with Crippen LogP contribution in [-0.2, 0) is 4.79 Å². The van der Waals surface area contributed by atoms with Crippen LogP contribution in [0.4, 0.5) is 5.69 Å². The van der Waals surface area contributed by atoms with E-state index in [4.69, 9.17) is 10.5 Å². The zero-order chi connectivity index (χ0) is 12.3. The first-order valence-corrected chi connectivity index (χ1v) is 4.73. The molecule has 0 fully saturated rings. The maximum Gasteiger partial charge on any atom is 0.221 e. The maximum atomic E-state index is 11.0. The summed E-state index contributed by atoms with van der Waals surface area (Å²) in [4.78, 5) is 11.0. The SMILES string of the molecule is CC(=O)Nc1cc(C)c(C#N)c(C)c1C#N. The normalized spacial score (nSPS) is 9.06. The minimum Gasteiger partial charge on any atom is -0.325 e. The maximum absolute atomic E-state index is 11.0. The van der Waals surface area contributed by atoms with E-state index in [2.05, 4.69) is 11.4 Å². The van der Waals surface area contributed by atoms with Crippen LogP contribution < -0.4 is 5.32 Å². The van der Waals surface area contributed by atoms with Crippen LogP contribution in [0.3, 0.4) is 0 Å². The van der Waals surface area contributed by atoms with Gasteiger partial charge in [0.2, 0.25) is 5.91 Å². The Morgan fingerprint density at radius 2 is 1.81 bits per heavy atom. The molecule has 80 valence electrons. The third-order valence-corrected chi connectivity index (χ3v) is 2.31. The van der Waals surface area contributed by atoms with Crippen LogP contribution in [0.5, 0.6) is 0 Å². The summed E-state index contributed by atoms with van der Waals surface area (Å²) in [7, 11) is 0. The van der Waals surface area contributed by atoms with E-state index in [0.717, 1.165) is 5.56 Å². The van der Waals surface area contributed by atoms with E-state index in [1.54, 1.807) is 19.9 Å². The first kappa shape index (κ1) is 11.7. The minimum absolute atomic E-state index is 0.236. The number of rotatable bonds is 1. The van der Waals surface area contributed by atoms with Crippen LogP contribution in [0, 0.1) is 36.5 Å². The number of nitrogens with one attached hydrogen (secondary N) is 1. The Bertz CT molecular complexity index is 533. The first-order chi connectivity index (χ1) is 7.51. The predicted octanol–water partition coefficient (Wildman–Crippen LogP) is 2.01. The standard InChI is InChI=1S/C12H11N3O/c1-7-4-12(15-9(3)16)11(6-14)8(2)10(7)5-13/h4H,1-3H3,(H,15,16). The Hall–Kier alpha value is -2.33. The molecule has 0 aliphatic heterocycles. The van der Waals surface area contributed by atoms with Crippen molar-refractivity contribution in [2.45, 2.75) is 20.8 Å². The average molecular weight is 213 g/mol. The van der Waals surface area contributed by atoms with Gasteiger partial charge >= 0.3 is 0 Å². The van der Waals surface area contributed by atoms with Gasteiger partial charge in [-0.1, -0.05) is 0 Å². The van der Waals surface area contributed by atoms with Gasteiger partial charge in [-0.2, -0.15) is 10.5 Å². The first-order valence-electron chi connectivity index (χ1n) is 4.73. The molecule has 0 atom stereocenters. The highest BCUT2D eigenvalue weighted by molar-refractivity contribution is 5.91. The Labute approximate surface area is 94.1 Å². The summed E-state index contributed by atoms with van der Waals surface area (Å²) in [5.74, 6) is -0.236. The second-order valence-electron chi connectivity index (χ2n) is 3.52. The molecule has 4 heteroatoms. The fourth-order valence-corrected chi connectivity index (χ4v) is 1.59. The average Bonchev–Trinajstić information content (AvgIpc) is 2.17. The molecule has 0 aromatic heterocycles. The monoisotopic (exact) mass is 213 g/mol. The minimum atomic E-state index is -0.236. The molecule has 1 rings (SSSR count). The molecule has 1 amide bonds. The Balaban J connectivity index is 3.50. The highest BCUT2D eigenvalue weighted by Crippen LogP contribution is 2.25. The molecule has 0 radical (unpaired) electrons. The van der Waals surface area contributed by atoms with Crippen molar-refractivity contribution in [3.63, 3.8) is 0 Å². The smallest absolute Gasteiger partial charge is 0.221 e. The van der Waals surface area contributed by atoms with E-state index in [1.165, 1.54) is 6.92 Å². The van der Waals surface area contributed by atoms with E-state index in [-0.39, 0.29) is 5.91 Å². The van der Waals surface area contributed by atoms with Crippen LogP contribution in [-0.4, -0.2) is 5.91 Å². The number of hydrogen-bond acceptors (Lipinski definition) is 3. The van der Waals surface area contributed by atoms with Crippen LogP contribution in [0.2, 0.25) is 0 Å². The summed E-state index contributed by atoms with van der Waals surface area (Å²) < 4.78 is 0. The molecule has 0 aliphatic rings. The van der Waals surface area contributed by atoms with Crippen LogP contribution >= 0.6 is 0 Å². The largest absolute Gasteiger partial charge is 0.325 e. The molecule has 0 bridgehead atoms. The van der Waals surface area contributed by atoms with Crippen molar-refractivity contribution in [1.29, 1.82) is 10.5 Å². The van der Waals surface area contributed by atoms with Crippen molar-refractivity contribution in [3.8, 4) is 12.1 Å². The molecular formula is C12H11N3O. The van der Waals surface area contributed by atoms with Gasteiger partial charge in [-0.05, 0) is 31.0 Å². The Kier molecular flexibility index (Phi) is 3.27. The van der Waals surface area contributed by atoms with E-state index >= 15 is 0 Å².